The molecule has 3 rings (SSSR count). The van der Waals surface area contributed by atoms with Gasteiger partial charge in [-0.3, -0.25) is 0 Å². The van der Waals surface area contributed by atoms with Crippen LogP contribution in [0.15, 0.2) is 28.7 Å². The van der Waals surface area contributed by atoms with E-state index in [1.165, 1.54) is 35.7 Å². The van der Waals surface area contributed by atoms with Crippen molar-refractivity contribution in [2.24, 2.45) is 5.41 Å². The number of ether oxygens (including phenoxy) is 1. The van der Waals surface area contributed by atoms with E-state index >= 15 is 0 Å². The van der Waals surface area contributed by atoms with E-state index < -0.39 is 0 Å². The second kappa shape index (κ2) is 5.19. The van der Waals surface area contributed by atoms with Crippen molar-refractivity contribution in [3.05, 3.63) is 34.3 Å². The van der Waals surface area contributed by atoms with Gasteiger partial charge in [0, 0.05) is 30.1 Å². The molecule has 0 heterocycles. The van der Waals surface area contributed by atoms with Crippen LogP contribution in [0.5, 0.6) is 0 Å². The van der Waals surface area contributed by atoms with Crippen LogP contribution < -0.4 is 5.32 Å². The average molecular weight is 324 g/mol. The number of rotatable bonds is 6. The maximum absolute atomic E-state index is 5.12. The van der Waals surface area contributed by atoms with Gasteiger partial charge in [0.05, 0.1) is 6.61 Å². The zero-order valence-electron chi connectivity index (χ0n) is 11.5. The van der Waals surface area contributed by atoms with Gasteiger partial charge in [-0.25, -0.2) is 0 Å². The Bertz CT molecular complexity index is 448. The van der Waals surface area contributed by atoms with Gasteiger partial charge in [0.25, 0.3) is 0 Å². The molecule has 19 heavy (non-hydrogen) atoms. The Kier molecular flexibility index (Phi) is 3.71. The fraction of sp³-hybridized carbons (Fsp3) is 0.625. The number of nitrogens with one attached hydrogen (secondary N) is 1. The van der Waals surface area contributed by atoms with Crippen LogP contribution in [0.25, 0.3) is 0 Å². The smallest absolute Gasteiger partial charge is 0.0587 e. The first-order chi connectivity index (χ1) is 9.18. The first-order valence-corrected chi connectivity index (χ1v) is 7.93. The Labute approximate surface area is 124 Å². The Morgan fingerprint density at radius 1 is 1.32 bits per heavy atom. The minimum Gasteiger partial charge on any atom is -0.383 e. The lowest BCUT2D eigenvalue weighted by molar-refractivity contribution is 0.112. The highest BCUT2D eigenvalue weighted by Crippen LogP contribution is 2.68. The summed E-state index contributed by atoms with van der Waals surface area (Å²) in [4.78, 5) is 0. The minimum atomic E-state index is 0.355. The third kappa shape index (κ3) is 2.74. The van der Waals surface area contributed by atoms with Crippen LogP contribution in [0.3, 0.4) is 0 Å². The zero-order chi connectivity index (χ0) is 13.3. The van der Waals surface area contributed by atoms with Crippen molar-refractivity contribution in [2.45, 2.75) is 31.1 Å². The summed E-state index contributed by atoms with van der Waals surface area (Å²) in [6.45, 7) is 2.81. The molecule has 0 aliphatic heterocycles. The van der Waals surface area contributed by atoms with Crippen LogP contribution in [-0.2, 0) is 10.2 Å². The predicted octanol–water partition coefficient (Wildman–Crippen LogP) is 3.50. The van der Waals surface area contributed by atoms with E-state index in [1.807, 2.05) is 0 Å². The first kappa shape index (κ1) is 13.6. The van der Waals surface area contributed by atoms with E-state index in [0.717, 1.165) is 19.7 Å². The third-order valence-corrected chi connectivity index (χ3v) is 5.26. The highest BCUT2D eigenvalue weighted by Gasteiger charge is 2.60. The van der Waals surface area contributed by atoms with Crippen LogP contribution in [-0.4, -0.2) is 26.8 Å². The zero-order valence-corrected chi connectivity index (χ0v) is 13.1. The van der Waals surface area contributed by atoms with Gasteiger partial charge in [0.1, 0.15) is 0 Å². The van der Waals surface area contributed by atoms with Gasteiger partial charge in [-0.05, 0) is 48.8 Å². The molecule has 2 fully saturated rings. The fourth-order valence-corrected chi connectivity index (χ4v) is 4.06. The molecule has 3 heteroatoms. The van der Waals surface area contributed by atoms with Crippen molar-refractivity contribution in [1.82, 2.24) is 5.32 Å². The number of hydrogen-bond donors (Lipinski definition) is 1. The molecular formula is C16H22BrNO. The molecule has 1 spiro atoms. The summed E-state index contributed by atoms with van der Waals surface area (Å²) < 4.78 is 6.31. The molecule has 0 saturated heterocycles. The summed E-state index contributed by atoms with van der Waals surface area (Å²) >= 11 is 3.60. The van der Waals surface area contributed by atoms with Crippen LogP contribution in [0.2, 0.25) is 0 Å². The van der Waals surface area contributed by atoms with Crippen molar-refractivity contribution in [1.29, 1.82) is 0 Å². The molecular weight excluding hydrogens is 302 g/mol. The van der Waals surface area contributed by atoms with Crippen LogP contribution in [0.4, 0.5) is 0 Å². The van der Waals surface area contributed by atoms with Crippen LogP contribution in [0.1, 0.15) is 31.2 Å². The number of benzene rings is 1. The lowest BCUT2D eigenvalue weighted by Gasteiger charge is -2.49. The molecule has 1 N–H and O–H groups in total. The van der Waals surface area contributed by atoms with Crippen LogP contribution >= 0.6 is 15.9 Å². The normalized spacial score (nSPS) is 22.2. The average Bonchev–Trinajstić information content (AvgIpc) is 3.13. The molecule has 0 amide bonds. The van der Waals surface area contributed by atoms with Gasteiger partial charge in [-0.2, -0.15) is 0 Å². The highest BCUT2D eigenvalue weighted by molar-refractivity contribution is 9.10. The third-order valence-electron chi connectivity index (χ3n) is 4.77. The summed E-state index contributed by atoms with van der Waals surface area (Å²) in [5.74, 6) is 0. The van der Waals surface area contributed by atoms with Gasteiger partial charge in [-0.15, -0.1) is 0 Å². The number of methoxy groups -OCH3 is 1. The van der Waals surface area contributed by atoms with E-state index in [1.54, 1.807) is 7.11 Å². The summed E-state index contributed by atoms with van der Waals surface area (Å²) in [6.07, 6.45) is 5.61. The maximum atomic E-state index is 5.12. The molecule has 2 aliphatic rings. The standard InChI is InChI=1S/C16H22BrNO/c1-19-8-7-18-12-16(10-15(11-16)5-6-15)13-3-2-4-14(17)9-13/h2-4,9,18H,5-8,10-12H2,1H3. The molecule has 2 nitrogen and oxygen atoms in total. The predicted molar refractivity (Wildman–Crippen MR) is 81.5 cm³/mol. The van der Waals surface area contributed by atoms with Gasteiger partial charge < -0.3 is 10.1 Å². The summed E-state index contributed by atoms with van der Waals surface area (Å²) in [7, 11) is 1.76. The first-order valence-electron chi connectivity index (χ1n) is 7.14. The molecule has 0 aromatic heterocycles. The fourth-order valence-electron chi connectivity index (χ4n) is 3.67. The van der Waals surface area contributed by atoms with Crippen molar-refractivity contribution < 1.29 is 4.74 Å². The molecule has 2 saturated carbocycles. The molecule has 2 aliphatic carbocycles. The summed E-state index contributed by atoms with van der Waals surface area (Å²) in [5, 5.41) is 3.57. The monoisotopic (exact) mass is 323 g/mol. The quantitative estimate of drug-likeness (QED) is 0.809. The molecule has 1 aromatic rings. The van der Waals surface area contributed by atoms with E-state index in [-0.39, 0.29) is 0 Å². The molecule has 104 valence electrons. The maximum Gasteiger partial charge on any atom is 0.0587 e. The topological polar surface area (TPSA) is 21.3 Å². The van der Waals surface area contributed by atoms with Gasteiger partial charge in [0.2, 0.25) is 0 Å². The van der Waals surface area contributed by atoms with Crippen molar-refractivity contribution in [2.75, 3.05) is 26.8 Å². The molecule has 0 atom stereocenters. The lowest BCUT2D eigenvalue weighted by Crippen LogP contribution is -2.50. The van der Waals surface area contributed by atoms with Crippen LogP contribution in [0, 0.1) is 5.41 Å². The Balaban J connectivity index is 1.70. The molecule has 1 aromatic carbocycles. The number of hydrogen-bond acceptors (Lipinski definition) is 2. The molecule has 0 bridgehead atoms. The second-order valence-electron chi connectivity index (χ2n) is 6.31. The van der Waals surface area contributed by atoms with E-state index in [2.05, 4.69) is 45.5 Å². The van der Waals surface area contributed by atoms with Gasteiger partial charge >= 0.3 is 0 Å². The van der Waals surface area contributed by atoms with Crippen molar-refractivity contribution in [3.8, 4) is 0 Å². The van der Waals surface area contributed by atoms with E-state index in [0.29, 0.717) is 10.8 Å². The van der Waals surface area contributed by atoms with Crippen molar-refractivity contribution >= 4 is 15.9 Å². The summed E-state index contributed by atoms with van der Waals surface area (Å²) in [5.41, 5.74) is 2.56. The second-order valence-corrected chi connectivity index (χ2v) is 7.23. The highest BCUT2D eigenvalue weighted by atomic mass is 79.9. The van der Waals surface area contributed by atoms with E-state index in [4.69, 9.17) is 4.74 Å². The lowest BCUT2D eigenvalue weighted by atomic mass is 9.56. The Morgan fingerprint density at radius 3 is 2.74 bits per heavy atom. The number of halogens is 1. The summed E-state index contributed by atoms with van der Waals surface area (Å²) in [6, 6.07) is 8.86. The SMILES string of the molecule is COCCNCC1(c2cccc(Br)c2)CC2(CC2)C1. The molecule has 0 unspecified atom stereocenters. The Morgan fingerprint density at radius 2 is 2.11 bits per heavy atom. The molecule has 0 radical (unpaired) electrons. The van der Waals surface area contributed by atoms with Crippen molar-refractivity contribution in [3.63, 3.8) is 0 Å². The minimum absolute atomic E-state index is 0.355. The largest absolute Gasteiger partial charge is 0.383 e. The van der Waals surface area contributed by atoms with E-state index in [9.17, 15) is 0 Å². The van der Waals surface area contributed by atoms with Gasteiger partial charge in [-0.1, -0.05) is 28.1 Å². The Hall–Kier alpha value is -0.380. The van der Waals surface area contributed by atoms with Gasteiger partial charge in [0.15, 0.2) is 0 Å².